The molecule has 7 heteroatoms. The van der Waals surface area contributed by atoms with Gasteiger partial charge in [-0.2, -0.15) is 0 Å². The molecular weight excluding hydrogens is 350 g/mol. The van der Waals surface area contributed by atoms with Crippen LogP contribution in [0, 0.1) is 20.8 Å². The van der Waals surface area contributed by atoms with Crippen molar-refractivity contribution in [1.29, 1.82) is 0 Å². The lowest BCUT2D eigenvalue weighted by atomic mass is 10.1. The van der Waals surface area contributed by atoms with Crippen LogP contribution in [0.25, 0.3) is 0 Å². The summed E-state index contributed by atoms with van der Waals surface area (Å²) in [4.78, 5) is 15.0. The highest BCUT2D eigenvalue weighted by molar-refractivity contribution is 7.89. The topological polar surface area (TPSA) is 78.5 Å². The van der Waals surface area contributed by atoms with Crippen molar-refractivity contribution in [2.75, 3.05) is 19.6 Å². The van der Waals surface area contributed by atoms with Crippen molar-refractivity contribution in [3.8, 4) is 0 Å². The minimum Gasteiger partial charge on any atom is -0.335 e. The predicted octanol–water partition coefficient (Wildman–Crippen LogP) is 1.63. The number of nitrogens with one attached hydrogen (secondary N) is 2. The van der Waals surface area contributed by atoms with Gasteiger partial charge < -0.3 is 10.2 Å². The zero-order chi connectivity index (χ0) is 18.9. The van der Waals surface area contributed by atoms with Crippen molar-refractivity contribution in [3.05, 3.63) is 28.8 Å². The van der Waals surface area contributed by atoms with E-state index in [9.17, 15) is 13.2 Å². The summed E-state index contributed by atoms with van der Waals surface area (Å²) in [5, 5.41) is 3.38. The second-order valence-electron chi connectivity index (χ2n) is 7.55. The van der Waals surface area contributed by atoms with E-state index >= 15 is 0 Å². The number of carbonyl (C=O) groups is 1. The van der Waals surface area contributed by atoms with Gasteiger partial charge in [0.1, 0.15) is 0 Å². The molecule has 144 valence electrons. The molecule has 2 aliphatic rings. The molecule has 0 aliphatic carbocycles. The average Bonchev–Trinajstić information content (AvgIpc) is 2.78. The van der Waals surface area contributed by atoms with E-state index in [0.29, 0.717) is 10.9 Å². The average molecular weight is 380 g/mol. The minimum absolute atomic E-state index is 0.0567. The first-order valence-corrected chi connectivity index (χ1v) is 10.9. The van der Waals surface area contributed by atoms with Crippen molar-refractivity contribution in [1.82, 2.24) is 14.9 Å². The van der Waals surface area contributed by atoms with E-state index in [0.717, 1.165) is 49.0 Å². The summed E-state index contributed by atoms with van der Waals surface area (Å²) in [5.74, 6) is 0.0567. The Morgan fingerprint density at radius 2 is 1.81 bits per heavy atom. The Morgan fingerprint density at radius 3 is 2.50 bits per heavy atom. The normalized spacial score (nSPS) is 23.1. The van der Waals surface area contributed by atoms with Gasteiger partial charge in [0.25, 0.3) is 0 Å². The highest BCUT2D eigenvalue weighted by Gasteiger charge is 2.37. The van der Waals surface area contributed by atoms with Gasteiger partial charge in [0.15, 0.2) is 0 Å². The summed E-state index contributed by atoms with van der Waals surface area (Å²) in [5.41, 5.74) is 2.51. The summed E-state index contributed by atoms with van der Waals surface area (Å²) in [6.07, 6.45) is 3.29. The molecule has 0 radical (unpaired) electrons. The number of fused-ring (bicyclic) bond motifs is 2. The van der Waals surface area contributed by atoms with E-state index in [2.05, 4.69) is 10.0 Å². The number of carbonyl (C=O) groups excluding carboxylic acids is 1. The maximum absolute atomic E-state index is 12.7. The monoisotopic (exact) mass is 379 g/mol. The summed E-state index contributed by atoms with van der Waals surface area (Å²) in [6.45, 7) is 7.49. The highest BCUT2D eigenvalue weighted by atomic mass is 32.2. The van der Waals surface area contributed by atoms with Crippen molar-refractivity contribution in [2.24, 2.45) is 0 Å². The van der Waals surface area contributed by atoms with E-state index in [1.165, 1.54) is 0 Å². The van der Waals surface area contributed by atoms with Crippen LogP contribution in [0.1, 0.15) is 42.4 Å². The van der Waals surface area contributed by atoms with Gasteiger partial charge in [-0.1, -0.05) is 17.7 Å². The van der Waals surface area contributed by atoms with Crippen LogP contribution in [0.15, 0.2) is 17.0 Å². The summed E-state index contributed by atoms with van der Waals surface area (Å²) in [6, 6.07) is 4.30. The lowest BCUT2D eigenvalue weighted by Gasteiger charge is -2.28. The Labute approximate surface area is 156 Å². The standard InChI is InChI=1S/C19H29N3O3S/c1-13-10-14(2)19(15(3)11-13)26(24,25)21-9-7-18(23)22-16-4-5-17(22)12-20-8-6-16/h10-11,16-17,20-21H,4-9,12H2,1-3H3. The molecule has 1 aromatic rings. The quantitative estimate of drug-likeness (QED) is 0.815. The van der Waals surface area contributed by atoms with Gasteiger partial charge in [0.2, 0.25) is 15.9 Å². The molecular formula is C19H29N3O3S. The number of hydrogen-bond acceptors (Lipinski definition) is 4. The van der Waals surface area contributed by atoms with E-state index in [1.807, 2.05) is 37.8 Å². The van der Waals surface area contributed by atoms with Crippen molar-refractivity contribution >= 4 is 15.9 Å². The zero-order valence-corrected chi connectivity index (χ0v) is 16.7. The first-order valence-electron chi connectivity index (χ1n) is 9.39. The number of aryl methyl sites for hydroxylation is 3. The maximum atomic E-state index is 12.7. The fourth-order valence-corrected chi connectivity index (χ4v) is 5.95. The van der Waals surface area contributed by atoms with Gasteiger partial charge in [-0.3, -0.25) is 4.79 Å². The van der Waals surface area contributed by atoms with Crippen LogP contribution in [-0.4, -0.2) is 50.9 Å². The Balaban J connectivity index is 1.63. The number of rotatable bonds is 5. The fraction of sp³-hybridized carbons (Fsp3) is 0.632. The smallest absolute Gasteiger partial charge is 0.241 e. The molecule has 0 aromatic heterocycles. The molecule has 2 heterocycles. The number of hydrogen-bond donors (Lipinski definition) is 2. The second-order valence-corrected chi connectivity index (χ2v) is 9.26. The lowest BCUT2D eigenvalue weighted by molar-refractivity contribution is -0.133. The molecule has 2 fully saturated rings. The van der Waals surface area contributed by atoms with Crippen LogP contribution in [0.4, 0.5) is 0 Å². The summed E-state index contributed by atoms with van der Waals surface area (Å²) >= 11 is 0. The third-order valence-corrected chi connectivity index (χ3v) is 7.21. The van der Waals surface area contributed by atoms with Crippen LogP contribution in [0.3, 0.4) is 0 Å². The van der Waals surface area contributed by atoms with Crippen LogP contribution in [0.2, 0.25) is 0 Å². The van der Waals surface area contributed by atoms with Crippen LogP contribution < -0.4 is 10.0 Å². The number of benzene rings is 1. The largest absolute Gasteiger partial charge is 0.335 e. The van der Waals surface area contributed by atoms with Crippen LogP contribution >= 0.6 is 0 Å². The van der Waals surface area contributed by atoms with Crippen molar-refractivity contribution in [2.45, 2.75) is 63.4 Å². The third kappa shape index (κ3) is 3.94. The van der Waals surface area contributed by atoms with Gasteiger partial charge in [0.05, 0.1) is 4.90 Å². The van der Waals surface area contributed by atoms with Crippen LogP contribution in [0.5, 0.6) is 0 Å². The molecule has 2 atom stereocenters. The van der Waals surface area contributed by atoms with E-state index in [-0.39, 0.29) is 24.9 Å². The number of amides is 1. The Hall–Kier alpha value is -1.44. The predicted molar refractivity (Wildman–Crippen MR) is 102 cm³/mol. The van der Waals surface area contributed by atoms with E-state index < -0.39 is 10.0 Å². The number of sulfonamides is 1. The molecule has 2 N–H and O–H groups in total. The molecule has 2 bridgehead atoms. The molecule has 3 rings (SSSR count). The summed E-state index contributed by atoms with van der Waals surface area (Å²) < 4.78 is 28.0. The SMILES string of the molecule is Cc1cc(C)c(S(=O)(=O)NCCC(=O)N2C3CCNCC2CC3)c(C)c1. The molecule has 6 nitrogen and oxygen atoms in total. The van der Waals surface area contributed by atoms with Gasteiger partial charge in [0, 0.05) is 31.6 Å². The first kappa shape index (κ1) is 19.3. The van der Waals surface area contributed by atoms with Gasteiger partial charge in [-0.25, -0.2) is 13.1 Å². The third-order valence-electron chi connectivity index (χ3n) is 5.45. The van der Waals surface area contributed by atoms with Crippen molar-refractivity contribution < 1.29 is 13.2 Å². The zero-order valence-electron chi connectivity index (χ0n) is 15.8. The fourth-order valence-electron chi connectivity index (χ4n) is 4.47. The molecule has 2 saturated heterocycles. The Kier molecular flexibility index (Phi) is 5.69. The van der Waals surface area contributed by atoms with Crippen molar-refractivity contribution in [3.63, 3.8) is 0 Å². The van der Waals surface area contributed by atoms with E-state index in [4.69, 9.17) is 0 Å². The molecule has 1 aromatic carbocycles. The molecule has 2 unspecified atom stereocenters. The number of nitrogens with zero attached hydrogens (tertiary/aromatic N) is 1. The molecule has 26 heavy (non-hydrogen) atoms. The second kappa shape index (κ2) is 7.66. The van der Waals surface area contributed by atoms with Crippen LogP contribution in [-0.2, 0) is 14.8 Å². The first-order chi connectivity index (χ1) is 12.3. The Bertz CT molecular complexity index is 754. The minimum atomic E-state index is -3.62. The Morgan fingerprint density at radius 1 is 1.15 bits per heavy atom. The lowest BCUT2D eigenvalue weighted by Crippen LogP contribution is -2.43. The maximum Gasteiger partial charge on any atom is 0.241 e. The summed E-state index contributed by atoms with van der Waals surface area (Å²) in [7, 11) is -3.62. The molecule has 2 aliphatic heterocycles. The highest BCUT2D eigenvalue weighted by Crippen LogP contribution is 2.28. The van der Waals surface area contributed by atoms with E-state index in [1.54, 1.807) is 0 Å². The molecule has 1 amide bonds. The van der Waals surface area contributed by atoms with Gasteiger partial charge >= 0.3 is 0 Å². The molecule has 0 spiro atoms. The molecule has 0 saturated carbocycles. The van der Waals surface area contributed by atoms with Gasteiger partial charge in [-0.05, 0) is 57.7 Å². The van der Waals surface area contributed by atoms with Gasteiger partial charge in [-0.15, -0.1) is 0 Å².